The summed E-state index contributed by atoms with van der Waals surface area (Å²) >= 11 is 0. The Morgan fingerprint density at radius 1 is 1.23 bits per heavy atom. The monoisotopic (exact) mass is 421 g/mol. The number of H-pyrrole nitrogens is 1. The van der Waals surface area contributed by atoms with Gasteiger partial charge in [-0.25, -0.2) is 4.79 Å². The lowest BCUT2D eigenvalue weighted by atomic mass is 9.78. The van der Waals surface area contributed by atoms with Gasteiger partial charge in [-0.15, -0.1) is 0 Å². The molecule has 0 spiro atoms. The summed E-state index contributed by atoms with van der Waals surface area (Å²) in [7, 11) is 1.36. The van der Waals surface area contributed by atoms with Gasteiger partial charge in [-0.05, 0) is 55.0 Å². The minimum atomic E-state index is -0.516. The summed E-state index contributed by atoms with van der Waals surface area (Å²) in [4.78, 5) is 22.1. The number of carbonyl (C=O) groups excluding carboxylic acids is 1. The molecule has 3 heterocycles. The van der Waals surface area contributed by atoms with Gasteiger partial charge in [-0.3, -0.25) is 9.88 Å². The number of likely N-dealkylation sites (tertiary alicyclic amines) is 1. The molecule has 7 nitrogen and oxygen atoms in total. The molecule has 2 aliphatic rings. The van der Waals surface area contributed by atoms with Crippen molar-refractivity contribution in [2.45, 2.75) is 31.6 Å². The maximum Gasteiger partial charge on any atom is 0.337 e. The Balaban J connectivity index is 1.24. The highest BCUT2D eigenvalue weighted by atomic mass is 16.5. The molecule has 1 aromatic carbocycles. The fraction of sp³-hybridized carbons (Fsp3) is 0.417. The Morgan fingerprint density at radius 2 is 2.06 bits per heavy atom. The fourth-order valence-corrected chi connectivity index (χ4v) is 5.10. The Hall–Kier alpha value is -2.90. The summed E-state index contributed by atoms with van der Waals surface area (Å²) in [6.45, 7) is 2.82. The third kappa shape index (κ3) is 4.03. The van der Waals surface area contributed by atoms with E-state index in [1.54, 1.807) is 18.2 Å². The van der Waals surface area contributed by atoms with Crippen molar-refractivity contribution in [1.29, 1.82) is 0 Å². The van der Waals surface area contributed by atoms with Crippen LogP contribution in [0, 0.1) is 11.8 Å². The van der Waals surface area contributed by atoms with Gasteiger partial charge >= 0.3 is 5.97 Å². The predicted octanol–water partition coefficient (Wildman–Crippen LogP) is 3.00. The second kappa shape index (κ2) is 8.32. The molecule has 0 bridgehead atoms. The molecule has 5 rings (SSSR count). The van der Waals surface area contributed by atoms with E-state index in [1.165, 1.54) is 12.7 Å². The van der Waals surface area contributed by atoms with Crippen molar-refractivity contribution >= 4 is 17.0 Å². The van der Waals surface area contributed by atoms with E-state index in [0.29, 0.717) is 23.1 Å². The molecule has 4 atom stereocenters. The van der Waals surface area contributed by atoms with Gasteiger partial charge in [0.25, 0.3) is 0 Å². The standard InChI is InChI=1S/C24H27N3O4/c1-30-24(29)15-4-2-5-19(8-15)31-22-10-17-13-27(12-16(17)9-21(22)28)14-18-11-26-20-6-3-7-25-23(18)20/h2-8,11,16-17,21-22,26,28H,9-10,12-14H2,1H3/t16-,17+,21+,22+/m0/s1. The minimum absolute atomic E-state index is 0.274. The van der Waals surface area contributed by atoms with E-state index in [4.69, 9.17) is 9.47 Å². The molecule has 1 saturated heterocycles. The molecule has 0 amide bonds. The van der Waals surface area contributed by atoms with Crippen molar-refractivity contribution in [1.82, 2.24) is 14.9 Å². The van der Waals surface area contributed by atoms with Crippen molar-refractivity contribution in [3.05, 3.63) is 59.9 Å². The number of aliphatic hydroxyl groups excluding tert-OH is 1. The number of methoxy groups -OCH3 is 1. The topological polar surface area (TPSA) is 87.7 Å². The van der Waals surface area contributed by atoms with Gasteiger partial charge in [0.05, 0.1) is 29.8 Å². The van der Waals surface area contributed by atoms with Gasteiger partial charge in [-0.1, -0.05) is 6.07 Å². The summed E-state index contributed by atoms with van der Waals surface area (Å²) in [5, 5.41) is 10.7. The SMILES string of the molecule is COC(=O)c1cccc(O[C@@H]2C[C@@H]3CN(Cc4c[nH]c5cccnc45)C[C@@H]3C[C@H]2O)c1. The second-order valence-electron chi connectivity index (χ2n) is 8.64. The molecule has 1 aliphatic carbocycles. The quantitative estimate of drug-likeness (QED) is 0.616. The number of carbonyl (C=O) groups is 1. The number of hydrogen-bond donors (Lipinski definition) is 2. The zero-order valence-corrected chi connectivity index (χ0v) is 17.5. The van der Waals surface area contributed by atoms with Crippen molar-refractivity contribution < 1.29 is 19.4 Å². The van der Waals surface area contributed by atoms with Crippen molar-refractivity contribution in [3.63, 3.8) is 0 Å². The summed E-state index contributed by atoms with van der Waals surface area (Å²) in [5.74, 6) is 1.14. The number of fused-ring (bicyclic) bond motifs is 2. The number of pyridine rings is 1. The molecule has 0 unspecified atom stereocenters. The van der Waals surface area contributed by atoms with Crippen molar-refractivity contribution in [3.8, 4) is 5.75 Å². The summed E-state index contributed by atoms with van der Waals surface area (Å²) in [6, 6.07) is 10.9. The smallest absolute Gasteiger partial charge is 0.337 e. The van der Waals surface area contributed by atoms with Crippen LogP contribution in [0.4, 0.5) is 0 Å². The third-order valence-corrected chi connectivity index (χ3v) is 6.61. The predicted molar refractivity (Wildman–Crippen MR) is 116 cm³/mol. The van der Waals surface area contributed by atoms with Crippen LogP contribution in [0.5, 0.6) is 5.75 Å². The highest BCUT2D eigenvalue weighted by Gasteiger charge is 2.42. The highest BCUT2D eigenvalue weighted by Crippen LogP contribution is 2.38. The van der Waals surface area contributed by atoms with E-state index in [9.17, 15) is 9.90 Å². The first-order valence-electron chi connectivity index (χ1n) is 10.8. The first-order valence-corrected chi connectivity index (χ1v) is 10.8. The maximum absolute atomic E-state index is 11.8. The average molecular weight is 421 g/mol. The highest BCUT2D eigenvalue weighted by molar-refractivity contribution is 5.89. The van der Waals surface area contributed by atoms with E-state index in [1.807, 2.05) is 24.4 Å². The molecule has 2 aromatic heterocycles. The Morgan fingerprint density at radius 3 is 2.90 bits per heavy atom. The minimum Gasteiger partial charge on any atom is -0.488 e. The number of aromatic amines is 1. The first-order chi connectivity index (χ1) is 15.1. The number of ether oxygens (including phenoxy) is 2. The normalized spacial score (nSPS) is 26.0. The number of rotatable bonds is 5. The molecule has 7 heteroatoms. The van der Waals surface area contributed by atoms with Gasteiger partial charge in [0.1, 0.15) is 11.9 Å². The van der Waals surface area contributed by atoms with Crippen LogP contribution in [-0.4, -0.2) is 58.4 Å². The zero-order chi connectivity index (χ0) is 21.4. The van der Waals surface area contributed by atoms with Crippen LogP contribution < -0.4 is 4.74 Å². The van der Waals surface area contributed by atoms with Gasteiger partial charge in [0.2, 0.25) is 0 Å². The molecule has 162 valence electrons. The van der Waals surface area contributed by atoms with Crippen molar-refractivity contribution in [2.24, 2.45) is 11.8 Å². The van der Waals surface area contributed by atoms with Crippen LogP contribution in [0.2, 0.25) is 0 Å². The number of esters is 1. The summed E-state index contributed by atoms with van der Waals surface area (Å²) < 4.78 is 10.9. The molecule has 2 N–H and O–H groups in total. The molecule has 1 saturated carbocycles. The van der Waals surface area contributed by atoms with Crippen molar-refractivity contribution in [2.75, 3.05) is 20.2 Å². The van der Waals surface area contributed by atoms with Crippen LogP contribution in [0.15, 0.2) is 48.8 Å². The van der Waals surface area contributed by atoms with Crippen LogP contribution in [-0.2, 0) is 11.3 Å². The largest absolute Gasteiger partial charge is 0.488 e. The number of nitrogens with zero attached hydrogens (tertiary/aromatic N) is 2. The van der Waals surface area contributed by atoms with Crippen LogP contribution >= 0.6 is 0 Å². The average Bonchev–Trinajstić information content (AvgIpc) is 3.37. The van der Waals surface area contributed by atoms with Gasteiger partial charge < -0.3 is 19.6 Å². The first kappa shape index (κ1) is 20.0. The number of benzene rings is 1. The van der Waals surface area contributed by atoms with Crippen LogP contribution in [0.3, 0.4) is 0 Å². The molecule has 2 fully saturated rings. The van der Waals surface area contributed by atoms with Crippen LogP contribution in [0.1, 0.15) is 28.8 Å². The maximum atomic E-state index is 11.8. The lowest BCUT2D eigenvalue weighted by Gasteiger charge is -2.35. The second-order valence-corrected chi connectivity index (χ2v) is 8.64. The van der Waals surface area contributed by atoms with E-state index in [2.05, 4.69) is 21.1 Å². The number of nitrogens with one attached hydrogen (secondary N) is 1. The molecular formula is C24H27N3O4. The van der Waals surface area contributed by atoms with Gasteiger partial charge in [-0.2, -0.15) is 0 Å². The third-order valence-electron chi connectivity index (χ3n) is 6.61. The van der Waals surface area contributed by atoms with Gasteiger partial charge in [0, 0.05) is 37.6 Å². The Kier molecular flexibility index (Phi) is 5.38. The molecule has 0 radical (unpaired) electrons. The molecular weight excluding hydrogens is 394 g/mol. The van der Waals surface area contributed by atoms with E-state index >= 15 is 0 Å². The van der Waals surface area contributed by atoms with E-state index in [-0.39, 0.29) is 6.10 Å². The lowest BCUT2D eigenvalue weighted by Crippen LogP contribution is -2.42. The van der Waals surface area contributed by atoms with Gasteiger partial charge in [0.15, 0.2) is 0 Å². The Labute approximate surface area is 181 Å². The zero-order valence-electron chi connectivity index (χ0n) is 17.5. The summed E-state index contributed by atoms with van der Waals surface area (Å²) in [5.41, 5.74) is 3.75. The lowest BCUT2D eigenvalue weighted by molar-refractivity contribution is -0.0231. The van der Waals surface area contributed by atoms with Crippen LogP contribution in [0.25, 0.3) is 11.0 Å². The van der Waals surface area contributed by atoms with E-state index in [0.717, 1.165) is 43.5 Å². The number of hydrogen-bond acceptors (Lipinski definition) is 6. The molecule has 1 aliphatic heterocycles. The molecule has 3 aromatic rings. The Bertz CT molecular complexity index is 1080. The fourth-order valence-electron chi connectivity index (χ4n) is 5.10. The number of aromatic nitrogens is 2. The molecule has 31 heavy (non-hydrogen) atoms. The summed E-state index contributed by atoms with van der Waals surface area (Å²) in [6.07, 6.45) is 4.62. The number of aliphatic hydroxyl groups is 1. The van der Waals surface area contributed by atoms with E-state index < -0.39 is 12.1 Å².